The Morgan fingerprint density at radius 2 is 1.97 bits per heavy atom. The number of carbonyl (C=O) groups is 2. The van der Waals surface area contributed by atoms with Crippen LogP contribution in [0, 0.1) is 0 Å². The van der Waals surface area contributed by atoms with Gasteiger partial charge in [-0.25, -0.2) is 4.98 Å². The molecular formula is C22H19N3O4S. The number of amides is 2. The van der Waals surface area contributed by atoms with Gasteiger partial charge in [0.2, 0.25) is 12.0 Å². The molecule has 152 valence electrons. The van der Waals surface area contributed by atoms with Crippen molar-refractivity contribution in [3.63, 3.8) is 0 Å². The lowest BCUT2D eigenvalue weighted by Crippen LogP contribution is -2.46. The smallest absolute Gasteiger partial charge is 0.271 e. The molecule has 0 saturated heterocycles. The first-order valence-corrected chi connectivity index (χ1v) is 10.6. The molecule has 2 aliphatic rings. The summed E-state index contributed by atoms with van der Waals surface area (Å²) in [6, 6.07) is 13.1. The molecule has 5 rings (SSSR count). The predicted octanol–water partition coefficient (Wildman–Crippen LogP) is 3.86. The van der Waals surface area contributed by atoms with Crippen molar-refractivity contribution in [2.45, 2.75) is 32.0 Å². The summed E-state index contributed by atoms with van der Waals surface area (Å²) in [5.41, 5.74) is 3.66. The van der Waals surface area contributed by atoms with Gasteiger partial charge in [0.05, 0.1) is 5.69 Å². The Bertz CT molecular complexity index is 1140. The SMILES string of the molecule is CC1Oc2ccccc2OC1C(=O)Nc1nc(-c2ccc3c(c2)CCC(=O)N3)cs1. The van der Waals surface area contributed by atoms with Crippen molar-refractivity contribution in [2.75, 3.05) is 10.6 Å². The summed E-state index contributed by atoms with van der Waals surface area (Å²) in [6.07, 6.45) is 0.00978. The van der Waals surface area contributed by atoms with Crippen LogP contribution in [0.25, 0.3) is 11.3 Å². The van der Waals surface area contributed by atoms with Gasteiger partial charge >= 0.3 is 0 Å². The molecule has 8 heteroatoms. The van der Waals surface area contributed by atoms with Crippen LogP contribution in [0.5, 0.6) is 11.5 Å². The van der Waals surface area contributed by atoms with Crippen LogP contribution < -0.4 is 20.1 Å². The number of ether oxygens (including phenoxy) is 2. The highest BCUT2D eigenvalue weighted by Crippen LogP contribution is 2.34. The van der Waals surface area contributed by atoms with Crippen LogP contribution in [0.3, 0.4) is 0 Å². The summed E-state index contributed by atoms with van der Waals surface area (Å²) in [6.45, 7) is 1.80. The first-order chi connectivity index (χ1) is 14.6. The van der Waals surface area contributed by atoms with E-state index in [4.69, 9.17) is 9.47 Å². The Labute approximate surface area is 177 Å². The molecule has 7 nitrogen and oxygen atoms in total. The fraction of sp³-hybridized carbons (Fsp3) is 0.227. The fourth-order valence-electron chi connectivity index (χ4n) is 3.59. The maximum atomic E-state index is 12.8. The van der Waals surface area contributed by atoms with E-state index < -0.39 is 12.2 Å². The minimum absolute atomic E-state index is 0.0414. The van der Waals surface area contributed by atoms with Gasteiger partial charge in [0.1, 0.15) is 6.10 Å². The Kier molecular flexibility index (Phi) is 4.63. The van der Waals surface area contributed by atoms with Crippen LogP contribution in [-0.4, -0.2) is 29.0 Å². The van der Waals surface area contributed by atoms with E-state index in [-0.39, 0.29) is 11.8 Å². The first kappa shape index (κ1) is 18.6. The van der Waals surface area contributed by atoms with Gasteiger partial charge in [-0.05, 0) is 43.2 Å². The Balaban J connectivity index is 1.31. The second-order valence-corrected chi connectivity index (χ2v) is 8.11. The quantitative estimate of drug-likeness (QED) is 0.670. The summed E-state index contributed by atoms with van der Waals surface area (Å²) < 4.78 is 11.7. The molecule has 2 aromatic carbocycles. The topological polar surface area (TPSA) is 89.6 Å². The van der Waals surface area contributed by atoms with Gasteiger partial charge in [-0.3, -0.25) is 14.9 Å². The number of nitrogens with zero attached hydrogens (tertiary/aromatic N) is 1. The van der Waals surface area contributed by atoms with E-state index in [1.54, 1.807) is 13.0 Å². The molecule has 2 aliphatic heterocycles. The third kappa shape index (κ3) is 3.50. The molecule has 0 aliphatic carbocycles. The molecule has 0 saturated carbocycles. The Morgan fingerprint density at radius 3 is 2.80 bits per heavy atom. The van der Waals surface area contributed by atoms with Crippen molar-refractivity contribution < 1.29 is 19.1 Å². The third-order valence-corrected chi connectivity index (χ3v) is 5.89. The number of hydrogen-bond acceptors (Lipinski definition) is 6. The molecule has 3 heterocycles. The Morgan fingerprint density at radius 1 is 1.17 bits per heavy atom. The third-order valence-electron chi connectivity index (χ3n) is 5.13. The van der Waals surface area contributed by atoms with E-state index in [9.17, 15) is 9.59 Å². The number of aryl methyl sites for hydroxylation is 1. The molecule has 2 unspecified atom stereocenters. The molecule has 0 fully saturated rings. The van der Waals surface area contributed by atoms with E-state index in [1.165, 1.54) is 11.3 Å². The van der Waals surface area contributed by atoms with Crippen molar-refractivity contribution in [1.29, 1.82) is 0 Å². The average molecular weight is 421 g/mol. The normalized spacial score (nSPS) is 19.6. The van der Waals surface area contributed by atoms with E-state index >= 15 is 0 Å². The fourth-order valence-corrected chi connectivity index (χ4v) is 4.31. The number of hydrogen-bond donors (Lipinski definition) is 2. The molecule has 0 bridgehead atoms. The van der Waals surface area contributed by atoms with Crippen LogP contribution in [0.15, 0.2) is 47.8 Å². The van der Waals surface area contributed by atoms with Gasteiger partial charge in [0.15, 0.2) is 16.6 Å². The molecular weight excluding hydrogens is 402 g/mol. The van der Waals surface area contributed by atoms with Gasteiger partial charge in [0.25, 0.3) is 5.91 Å². The van der Waals surface area contributed by atoms with Gasteiger partial charge in [-0.2, -0.15) is 0 Å². The second kappa shape index (κ2) is 7.46. The summed E-state index contributed by atoms with van der Waals surface area (Å²) >= 11 is 1.35. The molecule has 2 amide bonds. The zero-order valence-corrected chi connectivity index (χ0v) is 17.0. The predicted molar refractivity (Wildman–Crippen MR) is 114 cm³/mol. The van der Waals surface area contributed by atoms with E-state index in [0.717, 1.165) is 22.5 Å². The molecule has 2 atom stereocenters. The number of benzene rings is 2. The van der Waals surface area contributed by atoms with Crippen molar-refractivity contribution in [1.82, 2.24) is 4.98 Å². The maximum absolute atomic E-state index is 12.8. The van der Waals surface area contributed by atoms with E-state index in [2.05, 4.69) is 15.6 Å². The lowest BCUT2D eigenvalue weighted by Gasteiger charge is -2.30. The highest BCUT2D eigenvalue weighted by Gasteiger charge is 2.34. The van der Waals surface area contributed by atoms with Crippen molar-refractivity contribution in [2.24, 2.45) is 0 Å². The van der Waals surface area contributed by atoms with Gasteiger partial charge in [0, 0.05) is 23.1 Å². The summed E-state index contributed by atoms with van der Waals surface area (Å²) in [5.74, 6) is 0.927. The molecule has 0 spiro atoms. The number of anilines is 2. The monoisotopic (exact) mass is 421 g/mol. The number of rotatable bonds is 3. The van der Waals surface area contributed by atoms with Crippen LogP contribution >= 0.6 is 11.3 Å². The average Bonchev–Trinajstić information content (AvgIpc) is 3.21. The molecule has 0 radical (unpaired) electrons. The highest BCUT2D eigenvalue weighted by atomic mass is 32.1. The van der Waals surface area contributed by atoms with Crippen molar-refractivity contribution in [3.8, 4) is 22.8 Å². The summed E-state index contributed by atoms with van der Waals surface area (Å²) in [5, 5.41) is 8.11. The Hall–Kier alpha value is -3.39. The lowest BCUT2D eigenvalue weighted by atomic mass is 9.99. The maximum Gasteiger partial charge on any atom is 0.271 e. The lowest BCUT2D eigenvalue weighted by molar-refractivity contribution is -0.128. The number of thiazole rings is 1. The van der Waals surface area contributed by atoms with Gasteiger partial charge in [-0.1, -0.05) is 18.2 Å². The van der Waals surface area contributed by atoms with E-state index in [0.29, 0.717) is 29.5 Å². The minimum Gasteiger partial charge on any atom is -0.482 e. The van der Waals surface area contributed by atoms with Crippen molar-refractivity contribution >= 4 is 34.0 Å². The van der Waals surface area contributed by atoms with Crippen LogP contribution in [0.2, 0.25) is 0 Å². The number of aromatic nitrogens is 1. The minimum atomic E-state index is -0.764. The van der Waals surface area contributed by atoms with Crippen molar-refractivity contribution in [3.05, 3.63) is 53.4 Å². The van der Waals surface area contributed by atoms with Crippen LogP contribution in [-0.2, 0) is 16.0 Å². The molecule has 3 aromatic rings. The number of fused-ring (bicyclic) bond motifs is 2. The van der Waals surface area contributed by atoms with Crippen LogP contribution in [0.1, 0.15) is 18.9 Å². The molecule has 1 aromatic heterocycles. The largest absolute Gasteiger partial charge is 0.482 e. The molecule has 30 heavy (non-hydrogen) atoms. The van der Waals surface area contributed by atoms with E-state index in [1.807, 2.05) is 41.8 Å². The van der Waals surface area contributed by atoms with Crippen LogP contribution in [0.4, 0.5) is 10.8 Å². The number of para-hydroxylation sites is 2. The number of carbonyl (C=O) groups excluding carboxylic acids is 2. The first-order valence-electron chi connectivity index (χ1n) is 9.69. The highest BCUT2D eigenvalue weighted by molar-refractivity contribution is 7.14. The zero-order valence-electron chi connectivity index (χ0n) is 16.2. The second-order valence-electron chi connectivity index (χ2n) is 7.26. The zero-order chi connectivity index (χ0) is 20.7. The summed E-state index contributed by atoms with van der Waals surface area (Å²) in [7, 11) is 0. The molecule has 2 N–H and O–H groups in total. The van der Waals surface area contributed by atoms with Gasteiger partial charge in [-0.15, -0.1) is 11.3 Å². The van der Waals surface area contributed by atoms with Gasteiger partial charge < -0.3 is 14.8 Å². The summed E-state index contributed by atoms with van der Waals surface area (Å²) in [4.78, 5) is 28.8. The standard InChI is InChI=1S/C22H19N3O4S/c1-12-20(29-18-5-3-2-4-17(18)28-12)21(27)25-22-24-16(11-30-22)14-6-8-15-13(10-14)7-9-19(26)23-15/h2-6,8,10-12,20H,7,9H2,1H3,(H,23,26)(H,24,25,27). The number of nitrogens with one attached hydrogen (secondary N) is 2.